The largest absolute Gasteiger partial charge is 0.370 e. The summed E-state index contributed by atoms with van der Waals surface area (Å²) < 4.78 is 5.39. The Hall–Kier alpha value is -0.600. The van der Waals surface area contributed by atoms with Crippen molar-refractivity contribution in [3.8, 4) is 0 Å². The molecule has 1 heterocycles. The second-order valence-electron chi connectivity index (χ2n) is 5.22. The van der Waals surface area contributed by atoms with Gasteiger partial charge in [-0.1, -0.05) is 18.2 Å². The third-order valence-corrected chi connectivity index (χ3v) is 3.88. The normalized spacial score (nSPS) is 27.6. The Morgan fingerprint density at radius 1 is 1.50 bits per heavy atom. The molecule has 0 spiro atoms. The topological polar surface area (TPSA) is 13.7 Å². The molecular formula is C14H24NO+. The van der Waals surface area contributed by atoms with E-state index < -0.39 is 0 Å². The number of morpholine rings is 1. The van der Waals surface area contributed by atoms with Gasteiger partial charge in [-0.2, -0.15) is 0 Å². The van der Waals surface area contributed by atoms with Gasteiger partial charge < -0.3 is 9.64 Å². The van der Waals surface area contributed by atoms with Gasteiger partial charge in [0.05, 0.1) is 19.8 Å². The van der Waals surface area contributed by atoms with E-state index in [2.05, 4.69) is 19.6 Å². The summed E-state index contributed by atoms with van der Waals surface area (Å²) in [6.07, 6.45) is 6.27. The fourth-order valence-electron chi connectivity index (χ4n) is 2.65. The maximum absolute atomic E-state index is 5.39. The number of nitrogens with one attached hydrogen (secondary N) is 1. The molecule has 0 amide bonds. The summed E-state index contributed by atoms with van der Waals surface area (Å²) in [7, 11) is 0. The van der Waals surface area contributed by atoms with Gasteiger partial charge in [-0.25, -0.2) is 0 Å². The number of ether oxygens (including phenoxy) is 1. The molecule has 0 radical (unpaired) electrons. The van der Waals surface area contributed by atoms with E-state index in [1.807, 2.05) is 0 Å². The first-order valence-corrected chi connectivity index (χ1v) is 6.50. The molecule has 1 atom stereocenters. The molecule has 1 aliphatic heterocycles. The Balaban J connectivity index is 1.80. The number of quaternary nitrogens is 1. The van der Waals surface area contributed by atoms with Crippen LogP contribution >= 0.6 is 0 Å². The van der Waals surface area contributed by atoms with Gasteiger partial charge in [0.15, 0.2) is 0 Å². The number of hydrogen-bond acceptors (Lipinski definition) is 1. The summed E-state index contributed by atoms with van der Waals surface area (Å²) in [6, 6.07) is 0. The molecule has 0 saturated carbocycles. The predicted molar refractivity (Wildman–Crippen MR) is 66.6 cm³/mol. The lowest BCUT2D eigenvalue weighted by Gasteiger charge is -2.27. The van der Waals surface area contributed by atoms with Crippen LogP contribution in [0, 0.1) is 5.92 Å². The van der Waals surface area contributed by atoms with E-state index in [1.165, 1.54) is 44.5 Å². The van der Waals surface area contributed by atoms with Crippen LogP contribution in [0.5, 0.6) is 0 Å². The lowest BCUT2D eigenvalue weighted by atomic mass is 9.85. The Morgan fingerprint density at radius 3 is 2.81 bits per heavy atom. The average Bonchev–Trinajstić information content (AvgIpc) is 2.31. The fraction of sp³-hybridized carbons (Fsp3) is 0.714. The van der Waals surface area contributed by atoms with Crippen molar-refractivity contribution in [1.82, 2.24) is 0 Å². The van der Waals surface area contributed by atoms with Gasteiger partial charge in [0, 0.05) is 0 Å². The van der Waals surface area contributed by atoms with Crippen LogP contribution in [0.2, 0.25) is 0 Å². The molecule has 2 heteroatoms. The molecule has 0 aromatic rings. The highest BCUT2D eigenvalue weighted by atomic mass is 16.5. The third-order valence-electron chi connectivity index (χ3n) is 3.88. The summed E-state index contributed by atoms with van der Waals surface area (Å²) in [5, 5.41) is 0. The zero-order chi connectivity index (χ0) is 11.4. The van der Waals surface area contributed by atoms with Gasteiger partial charge in [-0.05, 0) is 37.7 Å². The summed E-state index contributed by atoms with van der Waals surface area (Å²) in [5.74, 6) is 0.739. The molecule has 1 N–H and O–H groups in total. The van der Waals surface area contributed by atoms with E-state index in [0.29, 0.717) is 0 Å². The van der Waals surface area contributed by atoms with E-state index >= 15 is 0 Å². The van der Waals surface area contributed by atoms with Crippen LogP contribution in [0.4, 0.5) is 0 Å². The highest BCUT2D eigenvalue weighted by molar-refractivity contribution is 5.12. The van der Waals surface area contributed by atoms with Crippen molar-refractivity contribution >= 4 is 0 Å². The van der Waals surface area contributed by atoms with Crippen LogP contribution in [0.3, 0.4) is 0 Å². The molecule has 0 aromatic carbocycles. The molecule has 2 rings (SSSR count). The van der Waals surface area contributed by atoms with E-state index in [4.69, 9.17) is 4.74 Å². The standard InChI is InChI=1S/C14H23NO/c1-12(2)14-5-3-13(4-6-14)11-15-7-9-16-10-8-15/h3,14H,1,4-11H2,2H3/p+1/t14-/m1/s1. The lowest BCUT2D eigenvalue weighted by Crippen LogP contribution is -3.14. The molecule has 16 heavy (non-hydrogen) atoms. The van der Waals surface area contributed by atoms with Gasteiger partial charge >= 0.3 is 0 Å². The summed E-state index contributed by atoms with van der Waals surface area (Å²) in [4.78, 5) is 1.70. The van der Waals surface area contributed by atoms with Crippen LogP contribution in [-0.4, -0.2) is 32.8 Å². The maximum Gasteiger partial charge on any atom is 0.101 e. The van der Waals surface area contributed by atoms with Gasteiger partial charge in [0.25, 0.3) is 0 Å². The SMILES string of the molecule is C=C(C)[C@@H]1CC=C(C[NH+]2CCOCC2)CC1. The molecule has 1 aliphatic carbocycles. The Labute approximate surface area is 99.0 Å². The monoisotopic (exact) mass is 222 g/mol. The van der Waals surface area contributed by atoms with Crippen LogP contribution < -0.4 is 4.90 Å². The molecular weight excluding hydrogens is 198 g/mol. The highest BCUT2D eigenvalue weighted by Crippen LogP contribution is 2.27. The molecule has 1 saturated heterocycles. The van der Waals surface area contributed by atoms with Gasteiger partial charge in [-0.3, -0.25) is 0 Å². The van der Waals surface area contributed by atoms with Crippen LogP contribution in [0.15, 0.2) is 23.8 Å². The van der Waals surface area contributed by atoms with Crippen molar-refractivity contribution < 1.29 is 9.64 Å². The highest BCUT2D eigenvalue weighted by Gasteiger charge is 2.19. The van der Waals surface area contributed by atoms with E-state index in [0.717, 1.165) is 19.1 Å². The second-order valence-corrected chi connectivity index (χ2v) is 5.22. The minimum absolute atomic E-state index is 0.739. The first-order chi connectivity index (χ1) is 7.75. The summed E-state index contributed by atoms with van der Waals surface area (Å²) in [6.45, 7) is 11.7. The van der Waals surface area contributed by atoms with E-state index in [-0.39, 0.29) is 0 Å². The minimum Gasteiger partial charge on any atom is -0.370 e. The zero-order valence-electron chi connectivity index (χ0n) is 10.4. The molecule has 1 fully saturated rings. The van der Waals surface area contributed by atoms with Crippen LogP contribution in [0.25, 0.3) is 0 Å². The van der Waals surface area contributed by atoms with Crippen molar-refractivity contribution in [2.45, 2.75) is 26.2 Å². The average molecular weight is 222 g/mol. The summed E-state index contributed by atoms with van der Waals surface area (Å²) in [5.41, 5.74) is 3.02. The minimum atomic E-state index is 0.739. The van der Waals surface area contributed by atoms with Gasteiger partial charge in [0.2, 0.25) is 0 Å². The summed E-state index contributed by atoms with van der Waals surface area (Å²) >= 11 is 0. The smallest absolute Gasteiger partial charge is 0.101 e. The van der Waals surface area contributed by atoms with Crippen molar-refractivity contribution in [1.29, 1.82) is 0 Å². The van der Waals surface area contributed by atoms with Crippen molar-refractivity contribution in [2.75, 3.05) is 32.8 Å². The third kappa shape index (κ3) is 3.19. The molecule has 0 bridgehead atoms. The van der Waals surface area contributed by atoms with Crippen LogP contribution in [0.1, 0.15) is 26.2 Å². The second kappa shape index (κ2) is 5.65. The maximum atomic E-state index is 5.39. The van der Waals surface area contributed by atoms with Crippen molar-refractivity contribution in [3.63, 3.8) is 0 Å². The Bertz CT molecular complexity index is 276. The lowest BCUT2D eigenvalue weighted by molar-refractivity contribution is -0.903. The zero-order valence-corrected chi connectivity index (χ0v) is 10.4. The fourth-order valence-corrected chi connectivity index (χ4v) is 2.65. The Kier molecular flexibility index (Phi) is 4.19. The Morgan fingerprint density at radius 2 is 2.25 bits per heavy atom. The molecule has 90 valence electrons. The van der Waals surface area contributed by atoms with E-state index in [1.54, 1.807) is 10.5 Å². The number of allylic oxidation sites excluding steroid dienone is 2. The van der Waals surface area contributed by atoms with E-state index in [9.17, 15) is 0 Å². The van der Waals surface area contributed by atoms with Crippen molar-refractivity contribution in [3.05, 3.63) is 23.8 Å². The first kappa shape index (κ1) is 11.9. The van der Waals surface area contributed by atoms with Crippen molar-refractivity contribution in [2.24, 2.45) is 5.92 Å². The molecule has 2 nitrogen and oxygen atoms in total. The number of hydrogen-bond donors (Lipinski definition) is 1. The van der Waals surface area contributed by atoms with Gasteiger partial charge in [0.1, 0.15) is 13.1 Å². The quantitative estimate of drug-likeness (QED) is 0.709. The molecule has 0 unspecified atom stereocenters. The van der Waals surface area contributed by atoms with Gasteiger partial charge in [-0.15, -0.1) is 0 Å². The van der Waals surface area contributed by atoms with Crippen LogP contribution in [-0.2, 0) is 4.74 Å². The predicted octanol–water partition coefficient (Wildman–Crippen LogP) is 1.20. The molecule has 2 aliphatic rings. The molecule has 0 aromatic heterocycles. The first-order valence-electron chi connectivity index (χ1n) is 6.50. The number of rotatable bonds is 3.